The Labute approximate surface area is 214 Å². The van der Waals surface area contributed by atoms with E-state index in [1.807, 2.05) is 6.92 Å². The number of halogens is 2. The van der Waals surface area contributed by atoms with Crippen LogP contribution >= 0.6 is 11.6 Å². The summed E-state index contributed by atoms with van der Waals surface area (Å²) in [7, 11) is 0. The fraction of sp³-hybridized carbons (Fsp3) is 0.462. The van der Waals surface area contributed by atoms with Crippen LogP contribution in [0.25, 0.3) is 0 Å². The summed E-state index contributed by atoms with van der Waals surface area (Å²) < 4.78 is 29.9. The van der Waals surface area contributed by atoms with Crippen LogP contribution in [0.1, 0.15) is 39.0 Å². The maximum absolute atomic E-state index is 13.6. The minimum absolute atomic E-state index is 0.0256. The van der Waals surface area contributed by atoms with Gasteiger partial charge in [-0.15, -0.1) is 0 Å². The lowest BCUT2D eigenvalue weighted by molar-refractivity contribution is -0.137. The van der Waals surface area contributed by atoms with E-state index < -0.39 is 23.0 Å². The molecule has 3 aliphatic carbocycles. The van der Waals surface area contributed by atoms with Crippen LogP contribution in [0, 0.1) is 5.82 Å². The molecular weight excluding hydrogens is 491 g/mol. The monoisotopic (exact) mass is 520 g/mol. The van der Waals surface area contributed by atoms with Crippen LogP contribution < -0.4 is 24.8 Å². The summed E-state index contributed by atoms with van der Waals surface area (Å²) in [6.45, 7) is 2.00. The van der Waals surface area contributed by atoms with Crippen molar-refractivity contribution in [2.24, 2.45) is 0 Å². The van der Waals surface area contributed by atoms with Crippen molar-refractivity contribution in [3.05, 3.63) is 53.3 Å². The minimum atomic E-state index is -0.819. The Hall–Kier alpha value is -3.04. The summed E-state index contributed by atoms with van der Waals surface area (Å²) in [6, 6.07) is 11.0. The van der Waals surface area contributed by atoms with Gasteiger partial charge in [0, 0.05) is 11.6 Å². The number of benzene rings is 2. The van der Waals surface area contributed by atoms with Crippen LogP contribution in [0.5, 0.6) is 17.2 Å². The van der Waals surface area contributed by atoms with Crippen molar-refractivity contribution in [3.63, 3.8) is 0 Å². The summed E-state index contributed by atoms with van der Waals surface area (Å²) in [4.78, 5) is 25.1. The molecule has 0 aliphatic heterocycles. The highest BCUT2D eigenvalue weighted by Gasteiger charge is 2.55. The van der Waals surface area contributed by atoms with Gasteiger partial charge in [0.1, 0.15) is 23.1 Å². The van der Waals surface area contributed by atoms with E-state index in [0.29, 0.717) is 44.5 Å². The van der Waals surface area contributed by atoms with Crippen molar-refractivity contribution >= 4 is 23.4 Å². The first-order chi connectivity index (χ1) is 17.2. The molecule has 2 bridgehead atoms. The second-order valence-electron chi connectivity index (χ2n) is 9.31. The van der Waals surface area contributed by atoms with Crippen molar-refractivity contribution in [2.45, 2.75) is 56.2 Å². The highest BCUT2D eigenvalue weighted by molar-refractivity contribution is 6.30. The van der Waals surface area contributed by atoms with Crippen LogP contribution in [0.15, 0.2) is 42.5 Å². The predicted molar refractivity (Wildman–Crippen MR) is 131 cm³/mol. The molecule has 3 fully saturated rings. The fourth-order valence-corrected chi connectivity index (χ4v) is 5.09. The van der Waals surface area contributed by atoms with Crippen molar-refractivity contribution in [2.75, 3.05) is 19.8 Å². The lowest BCUT2D eigenvalue weighted by atomic mass is 9.60. The van der Waals surface area contributed by atoms with E-state index in [-0.39, 0.29) is 35.8 Å². The van der Waals surface area contributed by atoms with Gasteiger partial charge in [-0.05, 0) is 75.4 Å². The summed E-state index contributed by atoms with van der Waals surface area (Å²) in [5.74, 6) is 0.167. The predicted octanol–water partition coefficient (Wildman–Crippen LogP) is 3.38. The Balaban J connectivity index is 1.25. The van der Waals surface area contributed by atoms with Gasteiger partial charge in [-0.25, -0.2) is 4.39 Å². The number of amides is 2. The molecule has 0 saturated heterocycles. The number of aliphatic hydroxyl groups excluding tert-OH is 1. The number of carbonyl (C=O) groups excluding carboxylic acids is 2. The minimum Gasteiger partial charge on any atom is -0.494 e. The Bertz CT molecular complexity index is 1090. The van der Waals surface area contributed by atoms with Crippen molar-refractivity contribution < 1.29 is 33.3 Å². The zero-order valence-electron chi connectivity index (χ0n) is 20.0. The summed E-state index contributed by atoms with van der Waals surface area (Å²) in [5.41, 5.74) is -1.32. The average molecular weight is 521 g/mol. The number of fused-ring (bicyclic) bond motifs is 3. The van der Waals surface area contributed by atoms with E-state index in [4.69, 9.17) is 25.8 Å². The van der Waals surface area contributed by atoms with Gasteiger partial charge in [0.15, 0.2) is 13.2 Å². The quantitative estimate of drug-likeness (QED) is 0.443. The molecule has 8 nitrogen and oxygen atoms in total. The molecule has 1 atom stereocenters. The second kappa shape index (κ2) is 10.9. The van der Waals surface area contributed by atoms with E-state index in [0.717, 1.165) is 11.8 Å². The number of hydrogen-bond acceptors (Lipinski definition) is 6. The zero-order chi connectivity index (χ0) is 25.8. The molecule has 3 aliphatic rings. The largest absolute Gasteiger partial charge is 0.494 e. The molecule has 5 rings (SSSR count). The van der Waals surface area contributed by atoms with E-state index in [1.165, 1.54) is 12.1 Å². The third-order valence-corrected chi connectivity index (χ3v) is 7.19. The number of ether oxygens (including phenoxy) is 3. The van der Waals surface area contributed by atoms with Crippen LogP contribution in [-0.4, -0.2) is 53.9 Å². The highest BCUT2D eigenvalue weighted by atomic mass is 35.5. The number of hydrogen-bond donors (Lipinski definition) is 3. The maximum Gasteiger partial charge on any atom is 0.258 e. The molecule has 10 heteroatoms. The van der Waals surface area contributed by atoms with Crippen molar-refractivity contribution in [1.29, 1.82) is 0 Å². The first-order valence-electron chi connectivity index (χ1n) is 12.0. The molecule has 0 heterocycles. The third-order valence-electron chi connectivity index (χ3n) is 6.88. The van der Waals surface area contributed by atoms with Crippen molar-refractivity contribution in [3.8, 4) is 17.2 Å². The van der Waals surface area contributed by atoms with E-state index in [2.05, 4.69) is 10.6 Å². The normalized spacial score (nSPS) is 24.6. The molecule has 36 heavy (non-hydrogen) atoms. The van der Waals surface area contributed by atoms with Crippen LogP contribution in [-0.2, 0) is 9.59 Å². The summed E-state index contributed by atoms with van der Waals surface area (Å²) in [6.07, 6.45) is 1.74. The molecule has 2 amide bonds. The molecule has 0 unspecified atom stereocenters. The summed E-state index contributed by atoms with van der Waals surface area (Å²) >= 11 is 5.66. The van der Waals surface area contributed by atoms with E-state index in [9.17, 15) is 19.1 Å². The molecule has 2 aromatic carbocycles. The fourth-order valence-electron chi connectivity index (χ4n) is 4.97. The molecular formula is C26H30ClFN2O6. The SMILES string of the molecule is CCOc1ccc(OCC(=O)NC23CCC(NC(=O)COc4ccc(Cl)c(F)c4)(CC2)C[C@@H]3O)cc1. The van der Waals surface area contributed by atoms with Crippen LogP contribution in [0.2, 0.25) is 5.02 Å². The first kappa shape index (κ1) is 26.0. The second-order valence-corrected chi connectivity index (χ2v) is 9.72. The van der Waals surface area contributed by atoms with Crippen LogP contribution in [0.4, 0.5) is 4.39 Å². The molecule has 0 spiro atoms. The standard InChI is InChI=1S/C26H30ClFN2O6/c1-2-34-17-3-5-18(6-4-17)35-16-24(33)30-26-11-9-25(10-12-26,14-22(26)31)29-23(32)15-36-19-7-8-20(27)21(28)13-19/h3-8,13,22,31H,2,9-12,14-16H2,1H3,(H,29,32)(H,30,33)/t22-,25?,26?/m0/s1. The smallest absolute Gasteiger partial charge is 0.258 e. The zero-order valence-corrected chi connectivity index (χ0v) is 20.8. The van der Waals surface area contributed by atoms with Gasteiger partial charge in [-0.3, -0.25) is 9.59 Å². The Morgan fingerprint density at radius 3 is 2.08 bits per heavy atom. The Kier molecular flexibility index (Phi) is 7.90. The number of rotatable bonds is 10. The van der Waals surface area contributed by atoms with E-state index in [1.54, 1.807) is 24.3 Å². The molecule has 3 saturated carbocycles. The van der Waals surface area contributed by atoms with E-state index >= 15 is 0 Å². The Morgan fingerprint density at radius 1 is 0.944 bits per heavy atom. The van der Waals surface area contributed by atoms with Gasteiger partial charge in [0.2, 0.25) is 0 Å². The molecule has 0 radical (unpaired) electrons. The lowest BCUT2D eigenvalue weighted by Gasteiger charge is -2.56. The van der Waals surface area contributed by atoms with Gasteiger partial charge in [0.25, 0.3) is 11.8 Å². The number of aliphatic hydroxyl groups is 1. The molecule has 0 aromatic heterocycles. The van der Waals surface area contributed by atoms with Crippen molar-refractivity contribution in [1.82, 2.24) is 10.6 Å². The van der Waals surface area contributed by atoms with Gasteiger partial charge < -0.3 is 30.0 Å². The van der Waals surface area contributed by atoms with Gasteiger partial charge >= 0.3 is 0 Å². The lowest BCUT2D eigenvalue weighted by Crippen LogP contribution is -2.70. The summed E-state index contributed by atoms with van der Waals surface area (Å²) in [5, 5.41) is 16.8. The van der Waals surface area contributed by atoms with Gasteiger partial charge in [-0.2, -0.15) is 0 Å². The molecule has 2 aromatic rings. The Morgan fingerprint density at radius 2 is 1.50 bits per heavy atom. The topological polar surface area (TPSA) is 106 Å². The third kappa shape index (κ3) is 6.02. The van der Waals surface area contributed by atoms with Crippen LogP contribution in [0.3, 0.4) is 0 Å². The van der Waals surface area contributed by atoms with Gasteiger partial charge in [-0.1, -0.05) is 11.6 Å². The van der Waals surface area contributed by atoms with Gasteiger partial charge in [0.05, 0.1) is 23.3 Å². The molecule has 3 N–H and O–H groups in total. The molecule has 194 valence electrons. The maximum atomic E-state index is 13.6. The average Bonchev–Trinajstić information content (AvgIpc) is 2.86. The highest BCUT2D eigenvalue weighted by Crippen LogP contribution is 2.47. The number of nitrogens with one attached hydrogen (secondary N) is 2. The first-order valence-corrected chi connectivity index (χ1v) is 12.3. The number of carbonyl (C=O) groups is 2.